The van der Waals surface area contributed by atoms with Gasteiger partial charge in [-0.15, -0.1) is 0 Å². The van der Waals surface area contributed by atoms with Crippen LogP contribution < -0.4 is 15.4 Å². The van der Waals surface area contributed by atoms with Crippen LogP contribution >= 0.6 is 31.9 Å². The Balaban J connectivity index is 2.14. The molecule has 0 saturated carbocycles. The van der Waals surface area contributed by atoms with Gasteiger partial charge >= 0.3 is 5.97 Å². The molecule has 2 amide bonds. The highest BCUT2D eigenvalue weighted by Crippen LogP contribution is 2.35. The third-order valence-electron chi connectivity index (χ3n) is 3.79. The van der Waals surface area contributed by atoms with Crippen LogP contribution in [0.3, 0.4) is 0 Å². The number of nitrogens with one attached hydrogen (secondary N) is 2. The van der Waals surface area contributed by atoms with Crippen molar-refractivity contribution < 1.29 is 28.6 Å². The maximum absolute atomic E-state index is 13.9. The maximum atomic E-state index is 13.9. The molecular weight excluding hydrogens is 527 g/mol. The van der Waals surface area contributed by atoms with Crippen LogP contribution in [0.1, 0.15) is 29.8 Å². The number of ether oxygens (including phenoxy) is 1. The van der Waals surface area contributed by atoms with Gasteiger partial charge in [0.15, 0.2) is 0 Å². The third-order valence-corrected chi connectivity index (χ3v) is 4.97. The zero-order valence-corrected chi connectivity index (χ0v) is 19.3. The maximum Gasteiger partial charge on any atom is 0.322 e. The van der Waals surface area contributed by atoms with E-state index >= 15 is 0 Å². The van der Waals surface area contributed by atoms with Gasteiger partial charge in [0.25, 0.3) is 5.91 Å². The Morgan fingerprint density at radius 1 is 1.10 bits per heavy atom. The van der Waals surface area contributed by atoms with Crippen molar-refractivity contribution >= 4 is 55.3 Å². The van der Waals surface area contributed by atoms with Crippen LogP contribution in [-0.2, 0) is 16.2 Å². The second-order valence-corrected chi connectivity index (χ2v) is 8.33. The lowest BCUT2D eigenvalue weighted by Crippen LogP contribution is -2.29. The third kappa shape index (κ3) is 6.81. The highest BCUT2D eigenvalue weighted by Gasteiger charge is 2.15. The molecule has 0 bridgehead atoms. The minimum atomic E-state index is -1.15. The fourth-order valence-corrected chi connectivity index (χ4v) is 3.75. The summed E-state index contributed by atoms with van der Waals surface area (Å²) in [4.78, 5) is 34.4. The molecule has 2 aromatic carbocycles. The molecule has 0 saturated heterocycles. The average Bonchev–Trinajstić information content (AvgIpc) is 2.64. The minimum Gasteiger partial charge on any atom is -0.487 e. The highest BCUT2D eigenvalue weighted by atomic mass is 79.9. The van der Waals surface area contributed by atoms with Crippen LogP contribution in [0.5, 0.6) is 5.75 Å². The molecule has 2 aromatic rings. The van der Waals surface area contributed by atoms with E-state index in [1.165, 1.54) is 24.3 Å². The van der Waals surface area contributed by atoms with Crippen LogP contribution in [0.15, 0.2) is 39.3 Å². The van der Waals surface area contributed by atoms with Gasteiger partial charge < -0.3 is 20.5 Å². The number of carboxylic acid groups (broad SMARTS) is 1. The number of anilines is 1. The number of benzene rings is 2. The first-order chi connectivity index (χ1) is 14.1. The quantitative estimate of drug-likeness (QED) is 0.457. The fourth-order valence-electron chi connectivity index (χ4n) is 2.33. The van der Waals surface area contributed by atoms with Crippen molar-refractivity contribution in [1.82, 2.24) is 5.32 Å². The van der Waals surface area contributed by atoms with E-state index in [-0.39, 0.29) is 24.0 Å². The minimum absolute atomic E-state index is 0.00403. The summed E-state index contributed by atoms with van der Waals surface area (Å²) in [6.07, 6.45) is 0. The average molecular weight is 546 g/mol. The molecule has 0 aliphatic heterocycles. The number of hydrogen-bond acceptors (Lipinski definition) is 4. The molecule has 0 unspecified atom stereocenters. The van der Waals surface area contributed by atoms with Crippen LogP contribution in [0.2, 0.25) is 0 Å². The molecule has 3 N–H and O–H groups in total. The van der Waals surface area contributed by atoms with Crippen LogP contribution in [0.4, 0.5) is 10.1 Å². The Kier molecular flexibility index (Phi) is 8.36. The predicted molar refractivity (Wildman–Crippen MR) is 116 cm³/mol. The molecule has 0 atom stereocenters. The summed E-state index contributed by atoms with van der Waals surface area (Å²) in [6.45, 7) is 2.98. The van der Waals surface area contributed by atoms with E-state index in [1.54, 1.807) is 19.9 Å². The van der Waals surface area contributed by atoms with E-state index in [9.17, 15) is 18.8 Å². The SMILES string of the molecule is CC(C)C(=O)Nc1cc(F)cc(COc2c(Br)cc(C(=O)NCC(=O)O)cc2Br)c1. The zero-order chi connectivity index (χ0) is 22.4. The first-order valence-electron chi connectivity index (χ1n) is 8.79. The van der Waals surface area contributed by atoms with Gasteiger partial charge in [-0.1, -0.05) is 13.8 Å². The smallest absolute Gasteiger partial charge is 0.322 e. The molecule has 0 spiro atoms. The molecule has 2 rings (SSSR count). The summed E-state index contributed by atoms with van der Waals surface area (Å²) < 4.78 is 20.6. The van der Waals surface area contributed by atoms with Crippen molar-refractivity contribution in [2.24, 2.45) is 5.92 Å². The fraction of sp³-hybridized carbons (Fsp3) is 0.250. The highest BCUT2D eigenvalue weighted by molar-refractivity contribution is 9.11. The molecule has 0 aliphatic rings. The Hall–Kier alpha value is -2.46. The largest absolute Gasteiger partial charge is 0.487 e. The summed E-state index contributed by atoms with van der Waals surface area (Å²) >= 11 is 6.63. The number of rotatable bonds is 8. The summed E-state index contributed by atoms with van der Waals surface area (Å²) in [7, 11) is 0. The van der Waals surface area contributed by atoms with Gasteiger partial charge in [0.05, 0.1) is 8.95 Å². The standard InChI is InChI=1S/C20H19Br2FN2O5/c1-10(2)19(28)25-14-4-11(3-13(23)7-14)9-30-18-15(21)5-12(6-16(18)22)20(29)24-8-17(26)27/h3-7,10H,8-9H2,1-2H3,(H,24,29)(H,25,28)(H,26,27). The first-order valence-corrected chi connectivity index (χ1v) is 10.4. The summed E-state index contributed by atoms with van der Waals surface area (Å²) in [5.74, 6) is -2.32. The van der Waals surface area contributed by atoms with Gasteiger partial charge in [0.1, 0.15) is 24.7 Å². The Labute approximate surface area is 189 Å². The van der Waals surface area contributed by atoms with Crippen molar-refractivity contribution in [3.8, 4) is 5.75 Å². The molecule has 0 fully saturated rings. The van der Waals surface area contributed by atoms with E-state index < -0.39 is 24.2 Å². The number of amides is 2. The summed E-state index contributed by atoms with van der Waals surface area (Å²) in [5.41, 5.74) is 1.05. The van der Waals surface area contributed by atoms with Crippen LogP contribution in [-0.4, -0.2) is 29.4 Å². The van der Waals surface area contributed by atoms with Crippen molar-refractivity contribution in [3.63, 3.8) is 0 Å². The zero-order valence-electron chi connectivity index (χ0n) is 16.1. The van der Waals surface area contributed by atoms with Crippen molar-refractivity contribution in [3.05, 3.63) is 56.2 Å². The molecular formula is C20H19Br2FN2O5. The molecule has 0 aromatic heterocycles. The Bertz CT molecular complexity index is 959. The number of halogens is 3. The van der Waals surface area contributed by atoms with Gasteiger partial charge in [-0.2, -0.15) is 0 Å². The van der Waals surface area contributed by atoms with E-state index in [0.717, 1.165) is 0 Å². The first kappa shape index (κ1) is 23.8. The Morgan fingerprint density at radius 3 is 2.30 bits per heavy atom. The van der Waals surface area contributed by atoms with Gasteiger partial charge in [0, 0.05) is 17.2 Å². The van der Waals surface area contributed by atoms with Gasteiger partial charge in [-0.3, -0.25) is 14.4 Å². The van der Waals surface area contributed by atoms with Crippen LogP contribution in [0.25, 0.3) is 0 Å². The predicted octanol–water partition coefficient (Wildman–Crippen LogP) is 4.34. The molecule has 0 aliphatic carbocycles. The topological polar surface area (TPSA) is 105 Å². The molecule has 30 heavy (non-hydrogen) atoms. The lowest BCUT2D eigenvalue weighted by Gasteiger charge is -2.14. The lowest BCUT2D eigenvalue weighted by molar-refractivity contribution is -0.135. The number of hydrogen-bond donors (Lipinski definition) is 3. The normalized spacial score (nSPS) is 10.6. The lowest BCUT2D eigenvalue weighted by atomic mass is 10.1. The van der Waals surface area contributed by atoms with E-state index in [2.05, 4.69) is 42.5 Å². The Morgan fingerprint density at radius 2 is 1.73 bits per heavy atom. The van der Waals surface area contributed by atoms with Gasteiger partial charge in [-0.25, -0.2) is 4.39 Å². The summed E-state index contributed by atoms with van der Waals surface area (Å²) in [5, 5.41) is 13.6. The second kappa shape index (κ2) is 10.5. The van der Waals surface area contributed by atoms with E-state index in [4.69, 9.17) is 9.84 Å². The number of carbonyl (C=O) groups excluding carboxylic acids is 2. The van der Waals surface area contributed by atoms with E-state index in [0.29, 0.717) is 25.9 Å². The van der Waals surface area contributed by atoms with Gasteiger partial charge in [-0.05, 0) is 67.8 Å². The molecule has 10 heteroatoms. The van der Waals surface area contributed by atoms with E-state index in [1.807, 2.05) is 0 Å². The number of carboxylic acids is 1. The number of carbonyl (C=O) groups is 3. The summed E-state index contributed by atoms with van der Waals surface area (Å²) in [6, 6.07) is 7.09. The molecule has 7 nitrogen and oxygen atoms in total. The molecule has 0 radical (unpaired) electrons. The molecule has 160 valence electrons. The van der Waals surface area contributed by atoms with Crippen molar-refractivity contribution in [1.29, 1.82) is 0 Å². The van der Waals surface area contributed by atoms with Crippen molar-refractivity contribution in [2.45, 2.75) is 20.5 Å². The second-order valence-electron chi connectivity index (χ2n) is 6.63. The molecule has 0 heterocycles. The van der Waals surface area contributed by atoms with Crippen LogP contribution in [0, 0.1) is 11.7 Å². The van der Waals surface area contributed by atoms with Crippen molar-refractivity contribution in [2.75, 3.05) is 11.9 Å². The monoisotopic (exact) mass is 544 g/mol. The van der Waals surface area contributed by atoms with Gasteiger partial charge in [0.2, 0.25) is 5.91 Å². The number of aliphatic carboxylic acids is 1.